The standard InChI is InChI=1S/C15H23N5O/c1-5-9-16-12(3)14-18-19-15(21-14)20(4)10-13-8-6-7-11(2)17-13/h6-8,12,16H,5,9-10H2,1-4H3. The quantitative estimate of drug-likeness (QED) is 0.844. The Bertz CT molecular complexity index is 569. The monoisotopic (exact) mass is 289 g/mol. The fourth-order valence-electron chi connectivity index (χ4n) is 2.00. The van der Waals surface area contributed by atoms with Gasteiger partial charge in [-0.05, 0) is 38.9 Å². The summed E-state index contributed by atoms with van der Waals surface area (Å²) in [5.74, 6) is 0.613. The summed E-state index contributed by atoms with van der Waals surface area (Å²) in [5.41, 5.74) is 1.99. The normalized spacial score (nSPS) is 12.4. The highest BCUT2D eigenvalue weighted by Crippen LogP contribution is 2.17. The number of aromatic nitrogens is 3. The smallest absolute Gasteiger partial charge is 0.318 e. The molecule has 0 aromatic carbocycles. The van der Waals surface area contributed by atoms with Gasteiger partial charge in [0, 0.05) is 12.7 Å². The molecule has 0 saturated carbocycles. The maximum Gasteiger partial charge on any atom is 0.318 e. The second-order valence-corrected chi connectivity index (χ2v) is 5.23. The number of pyridine rings is 1. The van der Waals surface area contributed by atoms with E-state index < -0.39 is 0 Å². The van der Waals surface area contributed by atoms with Crippen LogP contribution in [-0.4, -0.2) is 28.8 Å². The minimum atomic E-state index is 0.0664. The maximum atomic E-state index is 5.72. The molecule has 2 heterocycles. The second-order valence-electron chi connectivity index (χ2n) is 5.23. The molecule has 2 aromatic heterocycles. The van der Waals surface area contributed by atoms with Crippen LogP contribution in [0.5, 0.6) is 0 Å². The van der Waals surface area contributed by atoms with Gasteiger partial charge in [-0.3, -0.25) is 4.98 Å². The first-order chi connectivity index (χ1) is 10.1. The van der Waals surface area contributed by atoms with Crippen molar-refractivity contribution in [3.63, 3.8) is 0 Å². The van der Waals surface area contributed by atoms with E-state index in [9.17, 15) is 0 Å². The van der Waals surface area contributed by atoms with Crippen LogP contribution in [-0.2, 0) is 6.54 Å². The Kier molecular flexibility index (Phi) is 5.27. The number of hydrogen-bond acceptors (Lipinski definition) is 6. The Morgan fingerprint density at radius 1 is 1.33 bits per heavy atom. The van der Waals surface area contributed by atoms with E-state index in [0.717, 1.165) is 24.4 Å². The molecule has 0 aliphatic carbocycles. The average molecular weight is 289 g/mol. The zero-order chi connectivity index (χ0) is 15.2. The summed E-state index contributed by atoms with van der Waals surface area (Å²) >= 11 is 0. The summed E-state index contributed by atoms with van der Waals surface area (Å²) in [4.78, 5) is 6.38. The van der Waals surface area contributed by atoms with Gasteiger partial charge in [-0.15, -0.1) is 5.10 Å². The van der Waals surface area contributed by atoms with E-state index in [1.165, 1.54) is 0 Å². The Morgan fingerprint density at radius 2 is 2.14 bits per heavy atom. The molecule has 2 rings (SSSR count). The van der Waals surface area contributed by atoms with Gasteiger partial charge in [0.2, 0.25) is 5.89 Å². The number of aryl methyl sites for hydroxylation is 1. The SMILES string of the molecule is CCCNC(C)c1nnc(N(C)Cc2cccc(C)n2)o1. The van der Waals surface area contributed by atoms with Crippen LogP contribution in [0, 0.1) is 6.92 Å². The highest BCUT2D eigenvalue weighted by atomic mass is 16.4. The lowest BCUT2D eigenvalue weighted by molar-refractivity contribution is 0.416. The van der Waals surface area contributed by atoms with Crippen LogP contribution in [0.3, 0.4) is 0 Å². The molecular formula is C15H23N5O. The molecule has 0 spiro atoms. The molecule has 2 aromatic rings. The third-order valence-corrected chi connectivity index (χ3v) is 3.17. The molecule has 0 aliphatic heterocycles. The fourth-order valence-corrected chi connectivity index (χ4v) is 2.00. The van der Waals surface area contributed by atoms with Crippen LogP contribution in [0.4, 0.5) is 6.01 Å². The number of nitrogens with zero attached hydrogens (tertiary/aromatic N) is 4. The average Bonchev–Trinajstić information content (AvgIpc) is 2.94. The van der Waals surface area contributed by atoms with Gasteiger partial charge in [0.15, 0.2) is 0 Å². The molecule has 0 amide bonds. The first-order valence-electron chi connectivity index (χ1n) is 7.30. The number of anilines is 1. The molecule has 21 heavy (non-hydrogen) atoms. The van der Waals surface area contributed by atoms with Crippen LogP contribution < -0.4 is 10.2 Å². The highest BCUT2D eigenvalue weighted by molar-refractivity contribution is 5.25. The van der Waals surface area contributed by atoms with Crippen molar-refractivity contribution in [2.24, 2.45) is 0 Å². The van der Waals surface area contributed by atoms with Crippen molar-refractivity contribution in [3.8, 4) is 0 Å². The summed E-state index contributed by atoms with van der Waals surface area (Å²) in [5, 5.41) is 11.5. The van der Waals surface area contributed by atoms with Crippen molar-refractivity contribution in [3.05, 3.63) is 35.5 Å². The first kappa shape index (κ1) is 15.4. The number of nitrogens with one attached hydrogen (secondary N) is 1. The predicted molar refractivity (Wildman–Crippen MR) is 82.1 cm³/mol. The van der Waals surface area contributed by atoms with Gasteiger partial charge in [-0.2, -0.15) is 0 Å². The van der Waals surface area contributed by atoms with E-state index in [1.807, 2.05) is 44.0 Å². The van der Waals surface area contributed by atoms with Crippen molar-refractivity contribution in [2.75, 3.05) is 18.5 Å². The van der Waals surface area contributed by atoms with Gasteiger partial charge in [-0.1, -0.05) is 18.1 Å². The lowest BCUT2D eigenvalue weighted by Gasteiger charge is -2.13. The molecule has 1 atom stereocenters. The van der Waals surface area contributed by atoms with Crippen LogP contribution in [0.1, 0.15) is 43.6 Å². The molecular weight excluding hydrogens is 266 g/mol. The third-order valence-electron chi connectivity index (χ3n) is 3.17. The van der Waals surface area contributed by atoms with Gasteiger partial charge in [0.1, 0.15) is 0 Å². The van der Waals surface area contributed by atoms with Gasteiger partial charge >= 0.3 is 6.01 Å². The summed E-state index contributed by atoms with van der Waals surface area (Å²) < 4.78 is 5.72. The predicted octanol–water partition coefficient (Wildman–Crippen LogP) is 2.47. The zero-order valence-electron chi connectivity index (χ0n) is 13.1. The van der Waals surface area contributed by atoms with Gasteiger partial charge in [0.25, 0.3) is 0 Å². The molecule has 1 N–H and O–H groups in total. The second kappa shape index (κ2) is 7.17. The minimum Gasteiger partial charge on any atom is -0.406 e. The summed E-state index contributed by atoms with van der Waals surface area (Å²) in [6.45, 7) is 7.70. The topological polar surface area (TPSA) is 67.1 Å². The number of hydrogen-bond donors (Lipinski definition) is 1. The Balaban J connectivity index is 2.00. The summed E-state index contributed by atoms with van der Waals surface area (Å²) in [6, 6.07) is 6.55. The van der Waals surface area contributed by atoms with Crippen molar-refractivity contribution >= 4 is 6.01 Å². The molecule has 0 fully saturated rings. The van der Waals surface area contributed by atoms with E-state index in [2.05, 4.69) is 27.4 Å². The van der Waals surface area contributed by atoms with E-state index in [1.54, 1.807) is 0 Å². The van der Waals surface area contributed by atoms with E-state index in [-0.39, 0.29) is 6.04 Å². The Morgan fingerprint density at radius 3 is 2.86 bits per heavy atom. The molecule has 0 bridgehead atoms. The molecule has 1 unspecified atom stereocenters. The van der Waals surface area contributed by atoms with Crippen LogP contribution in [0.2, 0.25) is 0 Å². The lowest BCUT2D eigenvalue weighted by atomic mass is 10.3. The van der Waals surface area contributed by atoms with Gasteiger partial charge < -0.3 is 14.6 Å². The molecule has 114 valence electrons. The van der Waals surface area contributed by atoms with E-state index in [4.69, 9.17) is 4.42 Å². The minimum absolute atomic E-state index is 0.0664. The number of rotatable bonds is 7. The van der Waals surface area contributed by atoms with Crippen LogP contribution in [0.25, 0.3) is 0 Å². The van der Waals surface area contributed by atoms with Crippen molar-refractivity contribution < 1.29 is 4.42 Å². The third kappa shape index (κ3) is 4.26. The summed E-state index contributed by atoms with van der Waals surface area (Å²) in [6.07, 6.45) is 1.07. The Labute approximate surface area is 125 Å². The zero-order valence-corrected chi connectivity index (χ0v) is 13.1. The molecule has 0 aliphatic rings. The molecule has 6 nitrogen and oxygen atoms in total. The summed E-state index contributed by atoms with van der Waals surface area (Å²) in [7, 11) is 1.92. The molecule has 6 heteroatoms. The molecule has 0 saturated heterocycles. The van der Waals surface area contributed by atoms with Crippen LogP contribution >= 0.6 is 0 Å². The molecule has 0 radical (unpaired) electrons. The first-order valence-corrected chi connectivity index (χ1v) is 7.30. The highest BCUT2D eigenvalue weighted by Gasteiger charge is 2.16. The Hall–Kier alpha value is -1.95. The van der Waals surface area contributed by atoms with Crippen molar-refractivity contribution in [1.82, 2.24) is 20.5 Å². The van der Waals surface area contributed by atoms with Crippen LogP contribution in [0.15, 0.2) is 22.6 Å². The van der Waals surface area contributed by atoms with E-state index in [0.29, 0.717) is 18.5 Å². The van der Waals surface area contributed by atoms with Gasteiger partial charge in [0.05, 0.1) is 18.3 Å². The van der Waals surface area contributed by atoms with E-state index >= 15 is 0 Å². The van der Waals surface area contributed by atoms with Crippen molar-refractivity contribution in [2.45, 2.75) is 39.8 Å². The maximum absolute atomic E-state index is 5.72. The van der Waals surface area contributed by atoms with Gasteiger partial charge in [-0.25, -0.2) is 0 Å². The largest absolute Gasteiger partial charge is 0.406 e. The lowest BCUT2D eigenvalue weighted by Crippen LogP contribution is -2.19. The van der Waals surface area contributed by atoms with Crippen molar-refractivity contribution in [1.29, 1.82) is 0 Å². The fraction of sp³-hybridized carbons (Fsp3) is 0.533.